The average molecular weight is 308 g/mol. The molecule has 2 heterocycles. The first-order valence-corrected chi connectivity index (χ1v) is 7.61. The molecule has 1 aliphatic heterocycles. The Morgan fingerprint density at radius 1 is 1.13 bits per heavy atom. The third-order valence-electron chi connectivity index (χ3n) is 4.00. The highest BCUT2D eigenvalue weighted by Gasteiger charge is 2.36. The van der Waals surface area contributed by atoms with Crippen LogP contribution in [0.3, 0.4) is 0 Å². The number of carbonyl (C=O) groups excluding carboxylic acids is 1. The number of likely N-dealkylation sites (tertiary alicyclic amines) is 1. The largest absolute Gasteiger partial charge is 0.445 e. The van der Waals surface area contributed by atoms with Gasteiger partial charge in [-0.2, -0.15) is 0 Å². The summed E-state index contributed by atoms with van der Waals surface area (Å²) in [6.07, 6.45) is -0.291. The zero-order valence-corrected chi connectivity index (χ0v) is 12.5. The molecule has 0 N–H and O–H groups in total. The van der Waals surface area contributed by atoms with E-state index in [-0.39, 0.29) is 12.0 Å². The molecule has 0 bridgehead atoms. The highest BCUT2D eigenvalue weighted by atomic mass is 16.6. The number of aromatic nitrogens is 1. The molecule has 4 rings (SSSR count). The molecule has 23 heavy (non-hydrogen) atoms. The standard InChI is InChI=1S/C18H16N2O3/c21-18(22-12-13-6-2-1-3-7-13)20-10-14(11-20)17-19-15-8-4-5-9-16(15)23-17/h1-9,14H,10-12H2. The lowest BCUT2D eigenvalue weighted by molar-refractivity contribution is 0.0621. The van der Waals surface area contributed by atoms with Gasteiger partial charge in [-0.1, -0.05) is 42.5 Å². The van der Waals surface area contributed by atoms with Gasteiger partial charge in [-0.3, -0.25) is 0 Å². The lowest BCUT2D eigenvalue weighted by Crippen LogP contribution is -2.48. The van der Waals surface area contributed by atoms with Crippen molar-refractivity contribution >= 4 is 17.2 Å². The van der Waals surface area contributed by atoms with Crippen molar-refractivity contribution in [3.05, 3.63) is 66.1 Å². The molecular formula is C18H16N2O3. The van der Waals surface area contributed by atoms with Crippen LogP contribution >= 0.6 is 0 Å². The fourth-order valence-electron chi connectivity index (χ4n) is 2.66. The molecule has 1 saturated heterocycles. The van der Waals surface area contributed by atoms with Crippen molar-refractivity contribution in [2.24, 2.45) is 0 Å². The zero-order chi connectivity index (χ0) is 15.6. The van der Waals surface area contributed by atoms with Gasteiger partial charge in [0.05, 0.1) is 5.92 Å². The smallest absolute Gasteiger partial charge is 0.410 e. The van der Waals surface area contributed by atoms with Crippen molar-refractivity contribution in [2.45, 2.75) is 12.5 Å². The molecule has 116 valence electrons. The van der Waals surface area contributed by atoms with Crippen LogP contribution in [-0.4, -0.2) is 29.1 Å². The van der Waals surface area contributed by atoms with Crippen molar-refractivity contribution in [1.29, 1.82) is 0 Å². The second-order valence-corrected chi connectivity index (χ2v) is 5.66. The predicted octanol–water partition coefficient (Wildman–Crippen LogP) is 3.56. The molecule has 2 aromatic carbocycles. The summed E-state index contributed by atoms with van der Waals surface area (Å²) < 4.78 is 11.1. The summed E-state index contributed by atoms with van der Waals surface area (Å²) in [5, 5.41) is 0. The number of benzene rings is 2. The molecule has 1 aromatic heterocycles. The van der Waals surface area contributed by atoms with E-state index in [0.29, 0.717) is 25.6 Å². The van der Waals surface area contributed by atoms with Gasteiger partial charge in [0.15, 0.2) is 5.58 Å². The van der Waals surface area contributed by atoms with Crippen molar-refractivity contribution in [3.63, 3.8) is 0 Å². The van der Waals surface area contributed by atoms with E-state index in [1.165, 1.54) is 0 Å². The number of amides is 1. The van der Waals surface area contributed by atoms with Gasteiger partial charge < -0.3 is 14.1 Å². The summed E-state index contributed by atoms with van der Waals surface area (Å²) in [7, 11) is 0. The predicted molar refractivity (Wildman–Crippen MR) is 85.0 cm³/mol. The van der Waals surface area contributed by atoms with Crippen molar-refractivity contribution < 1.29 is 13.9 Å². The first-order valence-electron chi connectivity index (χ1n) is 7.61. The molecule has 5 heteroatoms. The number of ether oxygens (including phenoxy) is 1. The molecule has 1 aliphatic rings. The topological polar surface area (TPSA) is 55.6 Å². The van der Waals surface area contributed by atoms with E-state index in [9.17, 15) is 4.79 Å². The van der Waals surface area contributed by atoms with E-state index in [1.807, 2.05) is 54.6 Å². The molecule has 3 aromatic rings. The molecule has 0 aliphatic carbocycles. The fraction of sp³-hybridized carbons (Fsp3) is 0.222. The van der Waals surface area contributed by atoms with Gasteiger partial charge in [0.25, 0.3) is 0 Å². The van der Waals surface area contributed by atoms with Crippen LogP contribution in [0, 0.1) is 0 Å². The van der Waals surface area contributed by atoms with Crippen LogP contribution in [0.15, 0.2) is 59.0 Å². The SMILES string of the molecule is O=C(OCc1ccccc1)N1CC(c2nc3ccccc3o2)C1. The fourth-order valence-corrected chi connectivity index (χ4v) is 2.66. The van der Waals surface area contributed by atoms with Crippen LogP contribution in [0.25, 0.3) is 11.1 Å². The number of carbonyl (C=O) groups is 1. The summed E-state index contributed by atoms with van der Waals surface area (Å²) in [5.41, 5.74) is 2.62. The molecule has 0 spiro atoms. The third kappa shape index (κ3) is 2.77. The molecule has 1 amide bonds. The molecule has 1 fully saturated rings. The van der Waals surface area contributed by atoms with Gasteiger partial charge in [-0.05, 0) is 17.7 Å². The maximum Gasteiger partial charge on any atom is 0.410 e. The summed E-state index contributed by atoms with van der Waals surface area (Å²) in [4.78, 5) is 18.1. The van der Waals surface area contributed by atoms with E-state index < -0.39 is 0 Å². The van der Waals surface area contributed by atoms with Crippen LogP contribution in [0.2, 0.25) is 0 Å². The minimum Gasteiger partial charge on any atom is -0.445 e. The quantitative estimate of drug-likeness (QED) is 0.742. The molecule has 5 nitrogen and oxygen atoms in total. The third-order valence-corrected chi connectivity index (χ3v) is 4.00. The highest BCUT2D eigenvalue weighted by molar-refractivity contribution is 5.72. The van der Waals surface area contributed by atoms with E-state index in [4.69, 9.17) is 9.15 Å². The second-order valence-electron chi connectivity index (χ2n) is 5.66. The number of oxazole rings is 1. The molecule has 0 atom stereocenters. The van der Waals surface area contributed by atoms with Crippen LogP contribution in [0.5, 0.6) is 0 Å². The Morgan fingerprint density at radius 2 is 1.87 bits per heavy atom. The minimum atomic E-state index is -0.291. The van der Waals surface area contributed by atoms with Crippen molar-refractivity contribution in [2.75, 3.05) is 13.1 Å². The first-order chi connectivity index (χ1) is 11.3. The van der Waals surface area contributed by atoms with Crippen LogP contribution in [-0.2, 0) is 11.3 Å². The van der Waals surface area contributed by atoms with E-state index in [2.05, 4.69) is 4.98 Å². The maximum absolute atomic E-state index is 12.0. The number of fused-ring (bicyclic) bond motifs is 1. The maximum atomic E-state index is 12.0. The van der Waals surface area contributed by atoms with E-state index in [1.54, 1.807) is 4.90 Å². The first kappa shape index (κ1) is 13.8. The highest BCUT2D eigenvalue weighted by Crippen LogP contribution is 2.29. The Balaban J connectivity index is 1.33. The summed E-state index contributed by atoms with van der Waals surface area (Å²) >= 11 is 0. The Bertz CT molecular complexity index is 789. The molecular weight excluding hydrogens is 292 g/mol. The Hall–Kier alpha value is -2.82. The van der Waals surface area contributed by atoms with Gasteiger partial charge in [-0.25, -0.2) is 9.78 Å². The van der Waals surface area contributed by atoms with Gasteiger partial charge in [0, 0.05) is 13.1 Å². The van der Waals surface area contributed by atoms with E-state index >= 15 is 0 Å². The minimum absolute atomic E-state index is 0.145. The lowest BCUT2D eigenvalue weighted by atomic mass is 10.0. The molecule has 0 unspecified atom stereocenters. The van der Waals surface area contributed by atoms with Gasteiger partial charge in [-0.15, -0.1) is 0 Å². The number of hydrogen-bond acceptors (Lipinski definition) is 4. The van der Waals surface area contributed by atoms with Gasteiger partial charge in [0.2, 0.25) is 5.89 Å². The Morgan fingerprint density at radius 3 is 2.65 bits per heavy atom. The number of nitrogens with zero attached hydrogens (tertiary/aromatic N) is 2. The van der Waals surface area contributed by atoms with Crippen LogP contribution in [0.1, 0.15) is 17.4 Å². The zero-order valence-electron chi connectivity index (χ0n) is 12.5. The van der Waals surface area contributed by atoms with Crippen molar-refractivity contribution in [1.82, 2.24) is 9.88 Å². The molecule has 0 saturated carbocycles. The number of hydrogen-bond donors (Lipinski definition) is 0. The monoisotopic (exact) mass is 308 g/mol. The number of para-hydroxylation sites is 2. The Kier molecular flexibility index (Phi) is 3.46. The summed E-state index contributed by atoms with van der Waals surface area (Å²) in [6.45, 7) is 1.46. The van der Waals surface area contributed by atoms with Crippen LogP contribution in [0.4, 0.5) is 4.79 Å². The van der Waals surface area contributed by atoms with Crippen molar-refractivity contribution in [3.8, 4) is 0 Å². The number of rotatable bonds is 3. The van der Waals surface area contributed by atoms with Gasteiger partial charge in [0.1, 0.15) is 12.1 Å². The lowest BCUT2D eigenvalue weighted by Gasteiger charge is -2.36. The molecule has 0 radical (unpaired) electrons. The average Bonchev–Trinajstić information content (AvgIpc) is 2.96. The normalized spacial score (nSPS) is 14.7. The second kappa shape index (κ2) is 5.76. The summed E-state index contributed by atoms with van der Waals surface area (Å²) in [5.74, 6) is 0.838. The van der Waals surface area contributed by atoms with Crippen LogP contribution < -0.4 is 0 Å². The summed E-state index contributed by atoms with van der Waals surface area (Å²) in [6, 6.07) is 17.3. The van der Waals surface area contributed by atoms with E-state index in [0.717, 1.165) is 16.7 Å². The Labute approximate surface area is 133 Å². The van der Waals surface area contributed by atoms with Gasteiger partial charge >= 0.3 is 6.09 Å².